The van der Waals surface area contributed by atoms with E-state index in [9.17, 15) is 0 Å². The van der Waals surface area contributed by atoms with Crippen LogP contribution in [0.25, 0.3) is 0 Å². The van der Waals surface area contributed by atoms with E-state index < -0.39 is 0 Å². The van der Waals surface area contributed by atoms with Gasteiger partial charge in [0.1, 0.15) is 5.82 Å². The number of hydrogen-bond donors (Lipinski definition) is 1. The number of rotatable bonds is 5. The molecular formula is C14H24N4. The quantitative estimate of drug-likeness (QED) is 0.867. The average molecular weight is 248 g/mol. The minimum Gasteiger partial charge on any atom is -0.355 e. The normalized spacial score (nSPS) is 20.1. The second kappa shape index (κ2) is 6.69. The Bertz CT molecular complexity index is 349. The van der Waals surface area contributed by atoms with Crippen LogP contribution < -0.4 is 10.2 Å². The first kappa shape index (κ1) is 13.3. The van der Waals surface area contributed by atoms with Crippen molar-refractivity contribution in [2.24, 2.45) is 5.92 Å². The maximum absolute atomic E-state index is 4.55. The van der Waals surface area contributed by atoms with E-state index in [1.165, 1.54) is 19.3 Å². The Kier molecular flexibility index (Phi) is 4.93. The standard InChI is InChI=1S/C14H24N4/c1-3-12-6-5-7-18(11-12)14-10-16-13(9-17-14)8-15-4-2/h9-10,12,15H,3-8,11H2,1-2H3. The molecule has 0 aromatic carbocycles. The van der Waals surface area contributed by atoms with E-state index in [1.54, 1.807) is 0 Å². The first-order valence-corrected chi connectivity index (χ1v) is 7.10. The number of anilines is 1. The molecule has 1 aliphatic rings. The molecule has 2 heterocycles. The second-order valence-corrected chi connectivity index (χ2v) is 5.01. The Hall–Kier alpha value is -1.16. The lowest BCUT2D eigenvalue weighted by Crippen LogP contribution is -2.35. The summed E-state index contributed by atoms with van der Waals surface area (Å²) in [6, 6.07) is 0. The Morgan fingerprint density at radius 3 is 2.89 bits per heavy atom. The van der Waals surface area contributed by atoms with Gasteiger partial charge in [0.2, 0.25) is 0 Å². The zero-order valence-electron chi connectivity index (χ0n) is 11.5. The summed E-state index contributed by atoms with van der Waals surface area (Å²) in [6.07, 6.45) is 7.72. The van der Waals surface area contributed by atoms with E-state index in [4.69, 9.17) is 0 Å². The van der Waals surface area contributed by atoms with Gasteiger partial charge in [-0.25, -0.2) is 4.98 Å². The zero-order valence-corrected chi connectivity index (χ0v) is 11.5. The van der Waals surface area contributed by atoms with Crippen LogP contribution in [0.4, 0.5) is 5.82 Å². The van der Waals surface area contributed by atoms with Crippen molar-refractivity contribution >= 4 is 5.82 Å². The lowest BCUT2D eigenvalue weighted by molar-refractivity contribution is 0.402. The SMILES string of the molecule is CCNCc1cnc(N2CCCC(CC)C2)cn1. The number of aromatic nitrogens is 2. The zero-order chi connectivity index (χ0) is 12.8. The summed E-state index contributed by atoms with van der Waals surface area (Å²) in [4.78, 5) is 11.4. The van der Waals surface area contributed by atoms with Crippen molar-refractivity contribution < 1.29 is 0 Å². The molecule has 0 aliphatic carbocycles. The maximum atomic E-state index is 4.55. The molecule has 0 spiro atoms. The fraction of sp³-hybridized carbons (Fsp3) is 0.714. The predicted octanol–water partition coefficient (Wildman–Crippen LogP) is 2.21. The fourth-order valence-electron chi connectivity index (χ4n) is 2.46. The molecule has 4 heteroatoms. The van der Waals surface area contributed by atoms with E-state index in [0.29, 0.717) is 0 Å². The fourth-order valence-corrected chi connectivity index (χ4v) is 2.46. The van der Waals surface area contributed by atoms with Crippen LogP contribution in [-0.2, 0) is 6.54 Å². The summed E-state index contributed by atoms with van der Waals surface area (Å²) in [5.74, 6) is 1.86. The van der Waals surface area contributed by atoms with Crippen molar-refractivity contribution in [1.82, 2.24) is 15.3 Å². The Labute approximate surface area is 110 Å². The van der Waals surface area contributed by atoms with Gasteiger partial charge in [0.05, 0.1) is 18.1 Å². The first-order chi connectivity index (χ1) is 8.83. The third-order valence-electron chi connectivity index (χ3n) is 3.67. The molecule has 0 bridgehead atoms. The van der Waals surface area contributed by atoms with Crippen LogP contribution in [0, 0.1) is 5.92 Å². The molecule has 0 saturated carbocycles. The molecule has 1 aliphatic heterocycles. The summed E-state index contributed by atoms with van der Waals surface area (Å²) in [6.45, 7) is 8.41. The minimum atomic E-state index is 0.807. The molecule has 4 nitrogen and oxygen atoms in total. The van der Waals surface area contributed by atoms with E-state index in [1.807, 2.05) is 12.4 Å². The van der Waals surface area contributed by atoms with Gasteiger partial charge in [-0.05, 0) is 25.3 Å². The van der Waals surface area contributed by atoms with Crippen molar-refractivity contribution in [3.05, 3.63) is 18.1 Å². The Morgan fingerprint density at radius 1 is 1.33 bits per heavy atom. The monoisotopic (exact) mass is 248 g/mol. The molecule has 100 valence electrons. The predicted molar refractivity (Wildman–Crippen MR) is 74.6 cm³/mol. The van der Waals surface area contributed by atoms with Crippen molar-refractivity contribution in [2.75, 3.05) is 24.5 Å². The smallest absolute Gasteiger partial charge is 0.147 e. The third-order valence-corrected chi connectivity index (χ3v) is 3.67. The highest BCUT2D eigenvalue weighted by atomic mass is 15.2. The molecule has 2 rings (SSSR count). The largest absolute Gasteiger partial charge is 0.355 e. The Balaban J connectivity index is 1.96. The second-order valence-electron chi connectivity index (χ2n) is 5.01. The van der Waals surface area contributed by atoms with Crippen LogP contribution >= 0.6 is 0 Å². The lowest BCUT2D eigenvalue weighted by Gasteiger charge is -2.32. The van der Waals surface area contributed by atoms with Gasteiger partial charge in [-0.2, -0.15) is 0 Å². The van der Waals surface area contributed by atoms with Crippen LogP contribution in [0.1, 0.15) is 38.8 Å². The third kappa shape index (κ3) is 3.42. The number of nitrogens with zero attached hydrogens (tertiary/aromatic N) is 3. The molecule has 1 unspecified atom stereocenters. The van der Waals surface area contributed by atoms with Crippen molar-refractivity contribution in [3.8, 4) is 0 Å². The highest BCUT2D eigenvalue weighted by molar-refractivity contribution is 5.36. The molecule has 0 amide bonds. The number of piperidine rings is 1. The summed E-state index contributed by atoms with van der Waals surface area (Å²) >= 11 is 0. The van der Waals surface area contributed by atoms with Crippen LogP contribution in [0.5, 0.6) is 0 Å². The van der Waals surface area contributed by atoms with Gasteiger partial charge >= 0.3 is 0 Å². The molecule has 18 heavy (non-hydrogen) atoms. The van der Waals surface area contributed by atoms with Crippen LogP contribution in [0.2, 0.25) is 0 Å². The molecule has 0 radical (unpaired) electrons. The minimum absolute atomic E-state index is 0.807. The van der Waals surface area contributed by atoms with E-state index >= 15 is 0 Å². The van der Waals surface area contributed by atoms with E-state index in [-0.39, 0.29) is 0 Å². The summed E-state index contributed by atoms with van der Waals surface area (Å²) in [5, 5.41) is 3.26. The van der Waals surface area contributed by atoms with E-state index in [0.717, 1.165) is 43.6 Å². The molecule has 1 atom stereocenters. The molecule has 1 saturated heterocycles. The maximum Gasteiger partial charge on any atom is 0.147 e. The van der Waals surface area contributed by atoms with Gasteiger partial charge in [-0.15, -0.1) is 0 Å². The molecule has 1 fully saturated rings. The summed E-state index contributed by atoms with van der Waals surface area (Å²) in [7, 11) is 0. The number of hydrogen-bond acceptors (Lipinski definition) is 4. The van der Waals surface area contributed by atoms with Crippen LogP contribution in [0.15, 0.2) is 12.4 Å². The highest BCUT2D eigenvalue weighted by Gasteiger charge is 2.19. The van der Waals surface area contributed by atoms with E-state index in [2.05, 4.69) is 34.0 Å². The summed E-state index contributed by atoms with van der Waals surface area (Å²) < 4.78 is 0. The molecular weight excluding hydrogens is 224 g/mol. The van der Waals surface area contributed by atoms with Gasteiger partial charge in [-0.3, -0.25) is 4.98 Å². The average Bonchev–Trinajstić information content (AvgIpc) is 2.46. The van der Waals surface area contributed by atoms with Gasteiger partial charge in [0, 0.05) is 19.6 Å². The van der Waals surface area contributed by atoms with Crippen LogP contribution in [-0.4, -0.2) is 29.6 Å². The first-order valence-electron chi connectivity index (χ1n) is 7.10. The topological polar surface area (TPSA) is 41.1 Å². The van der Waals surface area contributed by atoms with Gasteiger partial charge in [0.25, 0.3) is 0 Å². The summed E-state index contributed by atoms with van der Waals surface area (Å²) in [5.41, 5.74) is 1.02. The van der Waals surface area contributed by atoms with Crippen molar-refractivity contribution in [2.45, 2.75) is 39.7 Å². The number of nitrogens with one attached hydrogen (secondary N) is 1. The molecule has 1 aromatic rings. The van der Waals surface area contributed by atoms with Crippen molar-refractivity contribution in [3.63, 3.8) is 0 Å². The van der Waals surface area contributed by atoms with Gasteiger partial charge in [0.15, 0.2) is 0 Å². The molecule has 1 N–H and O–H groups in total. The molecule has 1 aromatic heterocycles. The highest BCUT2D eigenvalue weighted by Crippen LogP contribution is 2.22. The Morgan fingerprint density at radius 2 is 2.22 bits per heavy atom. The van der Waals surface area contributed by atoms with Crippen LogP contribution in [0.3, 0.4) is 0 Å². The van der Waals surface area contributed by atoms with Gasteiger partial charge in [-0.1, -0.05) is 20.3 Å². The van der Waals surface area contributed by atoms with Gasteiger partial charge < -0.3 is 10.2 Å². The van der Waals surface area contributed by atoms with Crippen molar-refractivity contribution in [1.29, 1.82) is 0 Å². The lowest BCUT2D eigenvalue weighted by atomic mass is 9.96.